The molecule has 3 aliphatic rings. The van der Waals surface area contributed by atoms with E-state index in [9.17, 15) is 19.2 Å². The van der Waals surface area contributed by atoms with Crippen LogP contribution in [0.3, 0.4) is 0 Å². The molecule has 4 amide bonds. The highest BCUT2D eigenvalue weighted by atomic mass is 16.5. The summed E-state index contributed by atoms with van der Waals surface area (Å²) in [4.78, 5) is 52.0. The topological polar surface area (TPSA) is 105 Å². The maximum Gasteiger partial charge on any atom is 0.255 e. The van der Waals surface area contributed by atoms with Crippen molar-refractivity contribution in [1.29, 1.82) is 0 Å². The first-order chi connectivity index (χ1) is 18.1. The Labute approximate surface area is 225 Å². The molecule has 2 aromatic rings. The molecule has 5 rings (SSSR count). The van der Waals surface area contributed by atoms with Gasteiger partial charge in [0.1, 0.15) is 34.1 Å². The normalized spacial score (nSPS) is 20.8. The highest BCUT2D eigenvalue weighted by Crippen LogP contribution is 2.35. The van der Waals surface area contributed by atoms with Crippen molar-refractivity contribution in [3.05, 3.63) is 58.7 Å². The SMILES string of the molecule is [B]c1cc(C([B])Oc2cccc3c2CN(C2CCC(=O)NC2=O)C3=O)ccc1C([B])([B])N1CCOCC1=O. The van der Waals surface area contributed by atoms with E-state index in [0.717, 1.165) is 0 Å². The summed E-state index contributed by atoms with van der Waals surface area (Å²) in [5.74, 6) is -1.13. The highest BCUT2D eigenvalue weighted by Gasteiger charge is 2.40. The number of carbonyl (C=O) groups excluding carboxylic acids is 4. The molecule has 2 unspecified atom stereocenters. The Morgan fingerprint density at radius 1 is 1.13 bits per heavy atom. The van der Waals surface area contributed by atoms with Crippen molar-refractivity contribution >= 4 is 60.5 Å². The standard InChI is InChI=1S/C25H21B4N3O6/c26-17-10-13(4-5-16(17)25(28,29)32-8-9-37-12-21(32)34)22(27)38-19-3-1-2-14-15(19)11-31(24(14)36)18-6-7-20(33)30-23(18)35/h1-5,10,18,22H,6-9,11-12H2,(H,30,33,35). The molecule has 3 heterocycles. The van der Waals surface area contributed by atoms with Crippen LogP contribution < -0.4 is 15.5 Å². The van der Waals surface area contributed by atoms with Crippen LogP contribution in [0.5, 0.6) is 5.75 Å². The Hall–Kier alpha value is -3.46. The number of rotatable bonds is 6. The van der Waals surface area contributed by atoms with E-state index in [-0.39, 0.29) is 55.7 Å². The monoisotopic (exact) mass is 503 g/mol. The summed E-state index contributed by atoms with van der Waals surface area (Å²) in [6.45, 7) is 0.561. The van der Waals surface area contributed by atoms with Crippen LogP contribution >= 0.6 is 0 Å². The lowest BCUT2D eigenvalue weighted by molar-refractivity contribution is -0.145. The van der Waals surface area contributed by atoms with Crippen LogP contribution in [0.4, 0.5) is 0 Å². The number of benzene rings is 2. The van der Waals surface area contributed by atoms with Gasteiger partial charge >= 0.3 is 0 Å². The molecule has 0 aliphatic carbocycles. The van der Waals surface area contributed by atoms with E-state index < -0.39 is 23.3 Å². The minimum atomic E-state index is -1.64. The molecule has 9 nitrogen and oxygen atoms in total. The Balaban J connectivity index is 1.34. The molecular weight excluding hydrogens is 482 g/mol. The molecule has 38 heavy (non-hydrogen) atoms. The van der Waals surface area contributed by atoms with Gasteiger partial charge in [0, 0.05) is 24.1 Å². The molecule has 0 aromatic heterocycles. The van der Waals surface area contributed by atoms with Crippen LogP contribution in [0.1, 0.15) is 45.9 Å². The van der Waals surface area contributed by atoms with Gasteiger partial charge in [-0.25, -0.2) is 0 Å². The fourth-order valence-electron chi connectivity index (χ4n) is 5.05. The van der Waals surface area contributed by atoms with Crippen molar-refractivity contribution < 1.29 is 28.7 Å². The van der Waals surface area contributed by atoms with E-state index in [4.69, 9.17) is 40.9 Å². The number of hydrogen-bond donors (Lipinski definition) is 1. The van der Waals surface area contributed by atoms with Crippen molar-refractivity contribution in [1.82, 2.24) is 15.1 Å². The Bertz CT molecular complexity index is 1340. The Morgan fingerprint density at radius 3 is 2.63 bits per heavy atom. The molecule has 2 fully saturated rings. The zero-order valence-electron chi connectivity index (χ0n) is 20.5. The van der Waals surface area contributed by atoms with Crippen molar-refractivity contribution in [2.75, 3.05) is 19.8 Å². The van der Waals surface area contributed by atoms with Gasteiger partial charge in [-0.15, -0.1) is 0 Å². The van der Waals surface area contributed by atoms with Crippen LogP contribution in [0, 0.1) is 0 Å². The minimum absolute atomic E-state index is 0.113. The number of imide groups is 1. The third-order valence-electron chi connectivity index (χ3n) is 7.06. The van der Waals surface area contributed by atoms with E-state index in [0.29, 0.717) is 34.6 Å². The average Bonchev–Trinajstić information content (AvgIpc) is 3.21. The van der Waals surface area contributed by atoms with E-state index in [1.165, 1.54) is 9.80 Å². The van der Waals surface area contributed by atoms with E-state index >= 15 is 0 Å². The van der Waals surface area contributed by atoms with Gasteiger partial charge in [0.2, 0.25) is 17.7 Å². The summed E-state index contributed by atoms with van der Waals surface area (Å²) in [6, 6.07) is 8.13. The quantitative estimate of drug-likeness (QED) is 0.393. The van der Waals surface area contributed by atoms with Gasteiger partial charge < -0.3 is 19.3 Å². The molecule has 1 N–H and O–H groups in total. The van der Waals surface area contributed by atoms with Crippen molar-refractivity contribution in [2.24, 2.45) is 0 Å². The number of morpholine rings is 1. The van der Waals surface area contributed by atoms with Crippen LogP contribution in [0.15, 0.2) is 36.4 Å². The van der Waals surface area contributed by atoms with Gasteiger partial charge in [-0.1, -0.05) is 29.7 Å². The fraction of sp³-hybridized carbons (Fsp3) is 0.360. The van der Waals surface area contributed by atoms with Crippen molar-refractivity contribution in [3.63, 3.8) is 0 Å². The largest absolute Gasteiger partial charge is 0.496 e. The first kappa shape index (κ1) is 26.2. The maximum absolute atomic E-state index is 13.1. The van der Waals surface area contributed by atoms with Gasteiger partial charge in [-0.05, 0) is 35.0 Å². The molecule has 2 aromatic carbocycles. The fourth-order valence-corrected chi connectivity index (χ4v) is 5.05. The summed E-state index contributed by atoms with van der Waals surface area (Å²) in [6.07, 6.45) is 0.417. The number of ether oxygens (including phenoxy) is 2. The second kappa shape index (κ2) is 10.0. The second-order valence-corrected chi connectivity index (χ2v) is 9.49. The van der Waals surface area contributed by atoms with Gasteiger partial charge in [-0.3, -0.25) is 24.5 Å². The zero-order chi connectivity index (χ0) is 27.2. The van der Waals surface area contributed by atoms with Crippen LogP contribution in [0.2, 0.25) is 0 Å². The van der Waals surface area contributed by atoms with Gasteiger partial charge in [0.25, 0.3) is 5.91 Å². The molecule has 8 radical (unpaired) electrons. The predicted octanol–water partition coefficient (Wildman–Crippen LogP) is -1.21. The van der Waals surface area contributed by atoms with Crippen molar-refractivity contribution in [3.8, 4) is 5.75 Å². The zero-order valence-corrected chi connectivity index (χ0v) is 20.5. The summed E-state index contributed by atoms with van der Waals surface area (Å²) in [5.41, 5.74) is 2.08. The third-order valence-corrected chi connectivity index (χ3v) is 7.06. The summed E-state index contributed by atoms with van der Waals surface area (Å²) in [5, 5.41) is 0.641. The number of carbonyl (C=O) groups is 4. The Kier molecular flexibility index (Phi) is 6.90. The number of fused-ring (bicyclic) bond motifs is 1. The van der Waals surface area contributed by atoms with Crippen LogP contribution in [-0.2, 0) is 31.0 Å². The molecule has 184 valence electrons. The lowest BCUT2D eigenvalue weighted by atomic mass is 9.54. The van der Waals surface area contributed by atoms with Gasteiger partial charge in [0.15, 0.2) is 0 Å². The summed E-state index contributed by atoms with van der Waals surface area (Å²) >= 11 is 0. The maximum atomic E-state index is 13.1. The second-order valence-electron chi connectivity index (χ2n) is 9.49. The number of nitrogens with one attached hydrogen (secondary N) is 1. The molecule has 0 bridgehead atoms. The molecule has 2 atom stereocenters. The number of nitrogens with zero attached hydrogens (tertiary/aromatic N) is 2. The molecule has 3 aliphatic heterocycles. The molecule has 0 spiro atoms. The smallest absolute Gasteiger partial charge is 0.255 e. The minimum Gasteiger partial charge on any atom is -0.496 e. The Morgan fingerprint density at radius 2 is 1.92 bits per heavy atom. The molecule has 13 heteroatoms. The van der Waals surface area contributed by atoms with Crippen molar-refractivity contribution in [2.45, 2.75) is 36.8 Å². The predicted molar refractivity (Wildman–Crippen MR) is 139 cm³/mol. The van der Waals surface area contributed by atoms with E-state index in [2.05, 4.69) is 5.32 Å². The lowest BCUT2D eigenvalue weighted by Gasteiger charge is -2.43. The van der Waals surface area contributed by atoms with Gasteiger partial charge in [0.05, 0.1) is 34.8 Å². The van der Waals surface area contributed by atoms with Crippen LogP contribution in [0.25, 0.3) is 0 Å². The van der Waals surface area contributed by atoms with E-state index in [1.54, 1.807) is 36.4 Å². The number of piperidine rings is 1. The summed E-state index contributed by atoms with van der Waals surface area (Å²) in [7, 11) is 25.3. The number of hydrogen-bond acceptors (Lipinski definition) is 6. The van der Waals surface area contributed by atoms with E-state index in [1.807, 2.05) is 0 Å². The summed E-state index contributed by atoms with van der Waals surface area (Å²) < 4.78 is 11.2. The average molecular weight is 503 g/mol. The third kappa shape index (κ3) is 4.64. The van der Waals surface area contributed by atoms with Gasteiger partial charge in [-0.2, -0.15) is 0 Å². The first-order valence-corrected chi connectivity index (χ1v) is 12.1. The first-order valence-electron chi connectivity index (χ1n) is 12.1. The highest BCUT2D eigenvalue weighted by molar-refractivity contribution is 6.44. The molecule has 2 saturated heterocycles. The van der Waals surface area contributed by atoms with Crippen LogP contribution in [-0.4, -0.2) is 90.6 Å². The molecular formula is C25H21B4N3O6. The number of amides is 4. The lowest BCUT2D eigenvalue weighted by Crippen LogP contribution is -2.56. The molecule has 0 saturated carbocycles.